The van der Waals surface area contributed by atoms with Gasteiger partial charge in [-0.3, -0.25) is 4.79 Å². The summed E-state index contributed by atoms with van der Waals surface area (Å²) in [4.78, 5) is 14.6. The van der Waals surface area contributed by atoms with Crippen molar-refractivity contribution in [2.24, 2.45) is 0 Å². The van der Waals surface area contributed by atoms with Crippen molar-refractivity contribution >= 4 is 11.5 Å². The SMILES string of the molecule is CN(C)C(CCC(=O)c1ccc(NCCO)cc1)c1ccccc1. The molecular weight excluding hydrogens is 300 g/mol. The second kappa shape index (κ2) is 9.21. The Hall–Kier alpha value is -2.17. The number of aliphatic hydroxyl groups is 1. The summed E-state index contributed by atoms with van der Waals surface area (Å²) in [5, 5.41) is 11.9. The molecule has 1 unspecified atom stereocenters. The summed E-state index contributed by atoms with van der Waals surface area (Å²) in [5.74, 6) is 0.159. The van der Waals surface area contributed by atoms with Gasteiger partial charge < -0.3 is 15.3 Å². The van der Waals surface area contributed by atoms with Gasteiger partial charge in [-0.1, -0.05) is 30.3 Å². The lowest BCUT2D eigenvalue weighted by Crippen LogP contribution is -2.20. The highest BCUT2D eigenvalue weighted by atomic mass is 16.3. The molecule has 0 amide bonds. The van der Waals surface area contributed by atoms with Gasteiger partial charge in [0.25, 0.3) is 0 Å². The Morgan fingerprint density at radius 2 is 1.75 bits per heavy atom. The standard InChI is InChI=1S/C20H26N2O2/c1-22(2)19(16-6-4-3-5-7-16)12-13-20(24)17-8-10-18(11-9-17)21-14-15-23/h3-11,19,21,23H,12-15H2,1-2H3. The molecule has 0 spiro atoms. The number of aliphatic hydroxyl groups excluding tert-OH is 1. The Kier molecular flexibility index (Phi) is 6.97. The zero-order chi connectivity index (χ0) is 17.4. The van der Waals surface area contributed by atoms with Gasteiger partial charge in [0.05, 0.1) is 6.61 Å². The highest BCUT2D eigenvalue weighted by Crippen LogP contribution is 2.24. The summed E-state index contributed by atoms with van der Waals surface area (Å²) in [6.07, 6.45) is 1.31. The number of rotatable bonds is 9. The molecule has 0 saturated heterocycles. The number of carbonyl (C=O) groups excluding carboxylic acids is 1. The van der Waals surface area contributed by atoms with Crippen LogP contribution in [0.3, 0.4) is 0 Å². The van der Waals surface area contributed by atoms with Gasteiger partial charge in [-0.15, -0.1) is 0 Å². The van der Waals surface area contributed by atoms with Crippen LogP contribution in [0.1, 0.15) is 34.8 Å². The predicted molar refractivity (Wildman–Crippen MR) is 98.5 cm³/mol. The van der Waals surface area contributed by atoms with Crippen LogP contribution in [0.15, 0.2) is 54.6 Å². The van der Waals surface area contributed by atoms with Crippen LogP contribution in [-0.4, -0.2) is 43.0 Å². The molecule has 0 aliphatic carbocycles. The molecule has 128 valence electrons. The van der Waals surface area contributed by atoms with Crippen molar-refractivity contribution in [1.29, 1.82) is 0 Å². The van der Waals surface area contributed by atoms with E-state index in [9.17, 15) is 4.79 Å². The number of ketones is 1. The first-order chi connectivity index (χ1) is 11.6. The summed E-state index contributed by atoms with van der Waals surface area (Å²) in [5.41, 5.74) is 2.88. The topological polar surface area (TPSA) is 52.6 Å². The molecular formula is C20H26N2O2. The van der Waals surface area contributed by atoms with Crippen LogP contribution in [-0.2, 0) is 0 Å². The van der Waals surface area contributed by atoms with Gasteiger partial charge in [-0.2, -0.15) is 0 Å². The summed E-state index contributed by atoms with van der Waals surface area (Å²) in [6, 6.07) is 18.0. The second-order valence-electron chi connectivity index (χ2n) is 6.08. The van der Waals surface area contributed by atoms with Gasteiger partial charge >= 0.3 is 0 Å². The number of hydrogen-bond acceptors (Lipinski definition) is 4. The van der Waals surface area contributed by atoms with E-state index in [1.165, 1.54) is 5.56 Å². The fraction of sp³-hybridized carbons (Fsp3) is 0.350. The molecule has 2 N–H and O–H groups in total. The molecule has 2 aromatic rings. The predicted octanol–water partition coefficient (Wildman–Crippen LogP) is 3.36. The lowest BCUT2D eigenvalue weighted by molar-refractivity contribution is 0.0968. The largest absolute Gasteiger partial charge is 0.395 e. The molecule has 0 radical (unpaired) electrons. The molecule has 0 aliphatic rings. The van der Waals surface area contributed by atoms with Crippen LogP contribution in [0.2, 0.25) is 0 Å². The maximum atomic E-state index is 12.4. The highest BCUT2D eigenvalue weighted by Gasteiger charge is 2.16. The van der Waals surface area contributed by atoms with E-state index in [4.69, 9.17) is 5.11 Å². The van der Waals surface area contributed by atoms with E-state index >= 15 is 0 Å². The number of anilines is 1. The van der Waals surface area contributed by atoms with Crippen molar-refractivity contribution in [3.8, 4) is 0 Å². The number of hydrogen-bond donors (Lipinski definition) is 2. The first-order valence-electron chi connectivity index (χ1n) is 8.31. The smallest absolute Gasteiger partial charge is 0.162 e. The van der Waals surface area contributed by atoms with Crippen LogP contribution in [0, 0.1) is 0 Å². The second-order valence-corrected chi connectivity index (χ2v) is 6.08. The Balaban J connectivity index is 1.95. The third-order valence-electron chi connectivity index (χ3n) is 4.10. The maximum Gasteiger partial charge on any atom is 0.162 e. The fourth-order valence-electron chi connectivity index (χ4n) is 2.78. The van der Waals surface area contributed by atoms with E-state index in [2.05, 4.69) is 22.3 Å². The number of benzene rings is 2. The average Bonchev–Trinajstić information content (AvgIpc) is 2.61. The normalized spacial score (nSPS) is 12.2. The molecule has 0 saturated carbocycles. The van der Waals surface area contributed by atoms with E-state index in [1.54, 1.807) is 0 Å². The van der Waals surface area contributed by atoms with Gasteiger partial charge in [-0.25, -0.2) is 0 Å². The number of nitrogens with one attached hydrogen (secondary N) is 1. The molecule has 0 bridgehead atoms. The Labute approximate surface area is 144 Å². The van der Waals surface area contributed by atoms with Crippen LogP contribution < -0.4 is 5.32 Å². The minimum atomic E-state index is 0.0894. The highest BCUT2D eigenvalue weighted by molar-refractivity contribution is 5.96. The van der Waals surface area contributed by atoms with Crippen molar-refractivity contribution in [2.45, 2.75) is 18.9 Å². The van der Waals surface area contributed by atoms with Crippen LogP contribution >= 0.6 is 0 Å². The Morgan fingerprint density at radius 1 is 1.08 bits per heavy atom. The maximum absolute atomic E-state index is 12.4. The number of nitrogens with zero attached hydrogens (tertiary/aromatic N) is 1. The zero-order valence-corrected chi connectivity index (χ0v) is 14.4. The molecule has 4 heteroatoms. The van der Waals surface area contributed by atoms with E-state index in [-0.39, 0.29) is 18.4 Å². The molecule has 4 nitrogen and oxygen atoms in total. The molecule has 2 rings (SSSR count). The zero-order valence-electron chi connectivity index (χ0n) is 14.4. The lowest BCUT2D eigenvalue weighted by atomic mass is 9.97. The van der Waals surface area contributed by atoms with Gasteiger partial charge in [-0.05, 0) is 50.3 Å². The van der Waals surface area contributed by atoms with Crippen molar-refractivity contribution in [1.82, 2.24) is 4.90 Å². The van der Waals surface area contributed by atoms with E-state index < -0.39 is 0 Å². The van der Waals surface area contributed by atoms with Gasteiger partial charge in [0.2, 0.25) is 0 Å². The average molecular weight is 326 g/mol. The molecule has 0 aromatic heterocycles. The summed E-state index contributed by atoms with van der Waals surface area (Å²) in [7, 11) is 4.09. The van der Waals surface area contributed by atoms with Crippen LogP contribution in [0.4, 0.5) is 5.69 Å². The monoisotopic (exact) mass is 326 g/mol. The quantitative estimate of drug-likeness (QED) is 0.694. The fourth-order valence-corrected chi connectivity index (χ4v) is 2.78. The summed E-state index contributed by atoms with van der Waals surface area (Å²) >= 11 is 0. The van der Waals surface area contributed by atoms with E-state index in [1.807, 2.05) is 56.6 Å². The van der Waals surface area contributed by atoms with Crippen molar-refractivity contribution in [2.75, 3.05) is 32.6 Å². The third-order valence-corrected chi connectivity index (χ3v) is 4.10. The molecule has 0 heterocycles. The first kappa shape index (κ1) is 18.2. The number of carbonyl (C=O) groups is 1. The molecule has 2 aromatic carbocycles. The van der Waals surface area contributed by atoms with Crippen molar-refractivity contribution in [3.05, 3.63) is 65.7 Å². The molecule has 1 atom stereocenters. The van der Waals surface area contributed by atoms with Crippen molar-refractivity contribution < 1.29 is 9.90 Å². The van der Waals surface area contributed by atoms with Gasteiger partial charge in [0, 0.05) is 30.3 Å². The summed E-state index contributed by atoms with van der Waals surface area (Å²) < 4.78 is 0. The van der Waals surface area contributed by atoms with E-state index in [0.717, 1.165) is 17.7 Å². The molecule has 0 fully saturated rings. The number of Topliss-reactive ketones (excluding diaryl/α,β-unsaturated/α-hetero) is 1. The Morgan fingerprint density at radius 3 is 2.33 bits per heavy atom. The minimum Gasteiger partial charge on any atom is -0.395 e. The molecule has 0 aliphatic heterocycles. The van der Waals surface area contributed by atoms with Crippen LogP contribution in [0.5, 0.6) is 0 Å². The summed E-state index contributed by atoms with van der Waals surface area (Å²) in [6.45, 7) is 0.598. The van der Waals surface area contributed by atoms with Gasteiger partial charge in [0.15, 0.2) is 5.78 Å². The molecule has 24 heavy (non-hydrogen) atoms. The van der Waals surface area contributed by atoms with Crippen molar-refractivity contribution in [3.63, 3.8) is 0 Å². The minimum absolute atomic E-state index is 0.0894. The Bertz CT molecular complexity index is 624. The third kappa shape index (κ3) is 5.18. The first-order valence-corrected chi connectivity index (χ1v) is 8.31. The van der Waals surface area contributed by atoms with Gasteiger partial charge in [0.1, 0.15) is 0 Å². The van der Waals surface area contributed by atoms with Crippen LogP contribution in [0.25, 0.3) is 0 Å². The lowest BCUT2D eigenvalue weighted by Gasteiger charge is -2.24. The van der Waals surface area contributed by atoms with E-state index in [0.29, 0.717) is 13.0 Å².